The number of likely N-dealkylation sites (tertiary alicyclic amines) is 1. The van der Waals surface area contributed by atoms with Gasteiger partial charge in [0.25, 0.3) is 5.91 Å². The molecule has 2 aromatic rings. The molecule has 0 spiro atoms. The first-order valence-corrected chi connectivity index (χ1v) is 9.35. The number of hydrogen-bond acceptors (Lipinski definition) is 4. The van der Waals surface area contributed by atoms with Gasteiger partial charge in [-0.15, -0.1) is 0 Å². The number of piperidine rings is 1. The van der Waals surface area contributed by atoms with Crippen LogP contribution < -0.4 is 0 Å². The van der Waals surface area contributed by atoms with Crippen molar-refractivity contribution in [3.05, 3.63) is 36.3 Å². The van der Waals surface area contributed by atoms with Gasteiger partial charge in [-0.3, -0.25) is 4.79 Å². The van der Waals surface area contributed by atoms with Crippen molar-refractivity contribution in [2.75, 3.05) is 39.3 Å². The molecule has 2 aromatic heterocycles. The second-order valence-electron chi connectivity index (χ2n) is 7.07. The molecule has 2 aliphatic rings. The minimum atomic E-state index is 0.0877. The SMILES string of the molecule is O=C(c1ccc2nccn2c1)N1CCCOC(CN2CCCCC2)C1. The fraction of sp³-hybridized carbons (Fsp3) is 0.579. The summed E-state index contributed by atoms with van der Waals surface area (Å²) in [6, 6.07) is 3.77. The van der Waals surface area contributed by atoms with E-state index in [1.165, 1.54) is 19.3 Å². The molecule has 0 bridgehead atoms. The first-order chi connectivity index (χ1) is 12.3. The van der Waals surface area contributed by atoms with E-state index in [0.29, 0.717) is 12.1 Å². The van der Waals surface area contributed by atoms with E-state index < -0.39 is 0 Å². The molecular formula is C19H26N4O2. The molecule has 134 valence electrons. The maximum Gasteiger partial charge on any atom is 0.255 e. The van der Waals surface area contributed by atoms with E-state index in [1.54, 1.807) is 6.20 Å². The summed E-state index contributed by atoms with van der Waals surface area (Å²) in [6.07, 6.45) is 10.4. The van der Waals surface area contributed by atoms with Crippen LogP contribution >= 0.6 is 0 Å². The molecule has 0 aromatic carbocycles. The second kappa shape index (κ2) is 7.54. The molecule has 25 heavy (non-hydrogen) atoms. The molecule has 4 heterocycles. The van der Waals surface area contributed by atoms with Gasteiger partial charge >= 0.3 is 0 Å². The van der Waals surface area contributed by atoms with E-state index in [0.717, 1.165) is 44.9 Å². The van der Waals surface area contributed by atoms with Crippen LogP contribution in [0.4, 0.5) is 0 Å². The number of carbonyl (C=O) groups is 1. The van der Waals surface area contributed by atoms with Gasteiger partial charge < -0.3 is 18.9 Å². The highest BCUT2D eigenvalue weighted by atomic mass is 16.5. The number of fused-ring (bicyclic) bond motifs is 1. The molecular weight excluding hydrogens is 316 g/mol. The molecule has 1 amide bonds. The largest absolute Gasteiger partial charge is 0.375 e. The third kappa shape index (κ3) is 3.85. The number of imidazole rings is 1. The number of rotatable bonds is 3. The fourth-order valence-electron chi connectivity index (χ4n) is 3.85. The van der Waals surface area contributed by atoms with Gasteiger partial charge in [-0.1, -0.05) is 6.42 Å². The summed E-state index contributed by atoms with van der Waals surface area (Å²) in [5.74, 6) is 0.0877. The summed E-state index contributed by atoms with van der Waals surface area (Å²) in [4.78, 5) is 21.7. The number of nitrogens with zero attached hydrogens (tertiary/aromatic N) is 4. The third-order valence-electron chi connectivity index (χ3n) is 5.18. The molecule has 2 saturated heterocycles. The molecule has 2 aliphatic heterocycles. The minimum absolute atomic E-state index is 0.0877. The van der Waals surface area contributed by atoms with Crippen molar-refractivity contribution < 1.29 is 9.53 Å². The molecule has 1 unspecified atom stereocenters. The highest BCUT2D eigenvalue weighted by Gasteiger charge is 2.25. The predicted octanol–water partition coefficient (Wildman–Crippen LogP) is 2.05. The van der Waals surface area contributed by atoms with Gasteiger partial charge in [0.1, 0.15) is 5.65 Å². The van der Waals surface area contributed by atoms with Crippen LogP contribution in [0.2, 0.25) is 0 Å². The Bertz CT molecular complexity index is 723. The second-order valence-corrected chi connectivity index (χ2v) is 7.07. The lowest BCUT2D eigenvalue weighted by Gasteiger charge is -2.31. The molecule has 1 atom stereocenters. The fourth-order valence-corrected chi connectivity index (χ4v) is 3.85. The minimum Gasteiger partial charge on any atom is -0.375 e. The lowest BCUT2D eigenvalue weighted by Crippen LogP contribution is -2.43. The Morgan fingerprint density at radius 1 is 1.16 bits per heavy atom. The van der Waals surface area contributed by atoms with Crippen LogP contribution in [0, 0.1) is 0 Å². The standard InChI is InChI=1S/C19H26N4O2/c24-19(16-5-6-18-20-7-11-22(18)13-16)23-10-4-12-25-17(15-23)14-21-8-2-1-3-9-21/h5-7,11,13,17H,1-4,8-10,12,14-15H2. The Morgan fingerprint density at radius 2 is 2.04 bits per heavy atom. The smallest absolute Gasteiger partial charge is 0.255 e. The Kier molecular flexibility index (Phi) is 4.99. The van der Waals surface area contributed by atoms with Crippen LogP contribution in [-0.4, -0.2) is 70.5 Å². The lowest BCUT2D eigenvalue weighted by molar-refractivity contribution is 0.0216. The average Bonchev–Trinajstić information content (AvgIpc) is 3.00. The number of amides is 1. The number of carbonyl (C=O) groups excluding carboxylic acids is 1. The maximum absolute atomic E-state index is 13.0. The van der Waals surface area contributed by atoms with Crippen LogP contribution in [0.15, 0.2) is 30.7 Å². The quantitative estimate of drug-likeness (QED) is 0.857. The molecule has 0 aliphatic carbocycles. The highest BCUT2D eigenvalue weighted by Crippen LogP contribution is 2.15. The zero-order valence-electron chi connectivity index (χ0n) is 14.6. The van der Waals surface area contributed by atoms with Crippen LogP contribution in [0.5, 0.6) is 0 Å². The molecule has 0 saturated carbocycles. The Morgan fingerprint density at radius 3 is 2.92 bits per heavy atom. The molecule has 4 rings (SSSR count). The van der Waals surface area contributed by atoms with Gasteiger partial charge in [0.05, 0.1) is 11.7 Å². The van der Waals surface area contributed by atoms with Gasteiger partial charge in [0, 0.05) is 44.8 Å². The molecule has 2 fully saturated rings. The summed E-state index contributed by atoms with van der Waals surface area (Å²) in [6.45, 7) is 5.43. The number of pyridine rings is 1. The Labute approximate surface area is 148 Å². The van der Waals surface area contributed by atoms with Gasteiger partial charge in [-0.05, 0) is 44.5 Å². The topological polar surface area (TPSA) is 50.1 Å². The van der Waals surface area contributed by atoms with Crippen LogP contribution in [0.1, 0.15) is 36.0 Å². The molecule has 0 N–H and O–H groups in total. The van der Waals surface area contributed by atoms with Crippen molar-refractivity contribution >= 4 is 11.6 Å². The normalized spacial score (nSPS) is 22.9. The van der Waals surface area contributed by atoms with Gasteiger partial charge in [-0.2, -0.15) is 0 Å². The zero-order chi connectivity index (χ0) is 17.1. The van der Waals surface area contributed by atoms with E-state index in [2.05, 4.69) is 9.88 Å². The van der Waals surface area contributed by atoms with E-state index in [9.17, 15) is 4.79 Å². The first-order valence-electron chi connectivity index (χ1n) is 9.35. The average molecular weight is 342 g/mol. The van der Waals surface area contributed by atoms with Crippen molar-refractivity contribution in [2.24, 2.45) is 0 Å². The Balaban J connectivity index is 1.44. The first kappa shape index (κ1) is 16.5. The summed E-state index contributed by atoms with van der Waals surface area (Å²) in [5.41, 5.74) is 1.57. The highest BCUT2D eigenvalue weighted by molar-refractivity contribution is 5.94. The monoisotopic (exact) mass is 342 g/mol. The van der Waals surface area contributed by atoms with E-state index in [1.807, 2.05) is 33.8 Å². The maximum atomic E-state index is 13.0. The molecule has 6 nitrogen and oxygen atoms in total. The van der Waals surface area contributed by atoms with Crippen molar-refractivity contribution in [1.82, 2.24) is 19.2 Å². The van der Waals surface area contributed by atoms with Gasteiger partial charge in [0.2, 0.25) is 0 Å². The molecule has 6 heteroatoms. The van der Waals surface area contributed by atoms with Gasteiger partial charge in [-0.25, -0.2) is 4.98 Å². The van der Waals surface area contributed by atoms with Crippen molar-refractivity contribution in [2.45, 2.75) is 31.8 Å². The number of aromatic nitrogens is 2. The summed E-state index contributed by atoms with van der Waals surface area (Å²) < 4.78 is 7.92. The van der Waals surface area contributed by atoms with Gasteiger partial charge in [0.15, 0.2) is 0 Å². The summed E-state index contributed by atoms with van der Waals surface area (Å²) >= 11 is 0. The lowest BCUT2D eigenvalue weighted by atomic mass is 10.1. The van der Waals surface area contributed by atoms with Crippen molar-refractivity contribution in [3.63, 3.8) is 0 Å². The van der Waals surface area contributed by atoms with Crippen LogP contribution in [0.25, 0.3) is 5.65 Å². The van der Waals surface area contributed by atoms with Crippen LogP contribution in [-0.2, 0) is 4.74 Å². The zero-order valence-corrected chi connectivity index (χ0v) is 14.6. The van der Waals surface area contributed by atoms with Crippen molar-refractivity contribution in [1.29, 1.82) is 0 Å². The van der Waals surface area contributed by atoms with E-state index in [-0.39, 0.29) is 12.0 Å². The molecule has 0 radical (unpaired) electrons. The number of ether oxygens (including phenoxy) is 1. The summed E-state index contributed by atoms with van der Waals surface area (Å²) in [5, 5.41) is 0. The van der Waals surface area contributed by atoms with Crippen molar-refractivity contribution in [3.8, 4) is 0 Å². The van der Waals surface area contributed by atoms with E-state index in [4.69, 9.17) is 4.74 Å². The Hall–Kier alpha value is -1.92. The summed E-state index contributed by atoms with van der Waals surface area (Å²) in [7, 11) is 0. The van der Waals surface area contributed by atoms with E-state index >= 15 is 0 Å². The van der Waals surface area contributed by atoms with Crippen LogP contribution in [0.3, 0.4) is 0 Å². The number of hydrogen-bond donors (Lipinski definition) is 0. The third-order valence-corrected chi connectivity index (χ3v) is 5.18. The predicted molar refractivity (Wildman–Crippen MR) is 95.7 cm³/mol.